The van der Waals surface area contributed by atoms with Crippen LogP contribution in [0.2, 0.25) is 0 Å². The van der Waals surface area contributed by atoms with Crippen LogP contribution in [0, 0.1) is 0 Å². The summed E-state index contributed by atoms with van der Waals surface area (Å²) in [7, 11) is 0. The van der Waals surface area contributed by atoms with Crippen LogP contribution in [0.5, 0.6) is 0 Å². The van der Waals surface area contributed by atoms with Crippen molar-refractivity contribution in [2.45, 2.75) is 18.8 Å². The monoisotopic (exact) mass is 254 g/mol. The van der Waals surface area contributed by atoms with Gasteiger partial charge in [-0.2, -0.15) is 5.10 Å². The van der Waals surface area contributed by atoms with Crippen LogP contribution in [0.15, 0.2) is 42.6 Å². The summed E-state index contributed by atoms with van der Waals surface area (Å²) in [6.07, 6.45) is 6.82. The highest BCUT2D eigenvalue weighted by Crippen LogP contribution is 2.42. The number of carbonyl (C=O) groups is 1. The number of benzene rings is 1. The minimum atomic E-state index is -0.936. The smallest absolute Gasteiger partial charge is 0.328 e. The van der Waals surface area contributed by atoms with Crippen molar-refractivity contribution in [1.29, 1.82) is 0 Å². The number of aromatic nitrogens is 2. The molecule has 0 aliphatic heterocycles. The van der Waals surface area contributed by atoms with Crippen LogP contribution >= 0.6 is 0 Å². The molecule has 96 valence electrons. The Balaban J connectivity index is 2.04. The standard InChI is InChI=1S/C15H14N2O2/c18-14(19)9-8-12-10-16-17(15(12)11-6-7-11)13-4-2-1-3-5-13/h1-5,8-11H,6-7H2,(H,18,19). The number of para-hydroxylation sites is 1. The van der Waals surface area contributed by atoms with Crippen molar-refractivity contribution < 1.29 is 9.90 Å². The summed E-state index contributed by atoms with van der Waals surface area (Å²) in [5.41, 5.74) is 3.02. The first kappa shape index (κ1) is 11.7. The minimum Gasteiger partial charge on any atom is -0.478 e. The molecule has 1 aliphatic rings. The van der Waals surface area contributed by atoms with Crippen molar-refractivity contribution in [2.75, 3.05) is 0 Å². The van der Waals surface area contributed by atoms with E-state index in [1.807, 2.05) is 35.0 Å². The first-order chi connectivity index (χ1) is 9.25. The predicted molar refractivity (Wildman–Crippen MR) is 72.2 cm³/mol. The summed E-state index contributed by atoms with van der Waals surface area (Å²) >= 11 is 0. The maximum Gasteiger partial charge on any atom is 0.328 e. The third-order valence-corrected chi connectivity index (χ3v) is 3.21. The molecule has 1 saturated carbocycles. The van der Waals surface area contributed by atoms with Gasteiger partial charge in [0.2, 0.25) is 0 Å². The molecule has 0 spiro atoms. The quantitative estimate of drug-likeness (QED) is 0.853. The van der Waals surface area contributed by atoms with Gasteiger partial charge in [-0.15, -0.1) is 0 Å². The van der Waals surface area contributed by atoms with E-state index in [1.165, 1.54) is 0 Å². The van der Waals surface area contributed by atoms with E-state index in [0.717, 1.165) is 35.9 Å². The molecule has 1 aliphatic carbocycles. The van der Waals surface area contributed by atoms with Gasteiger partial charge in [0.25, 0.3) is 0 Å². The molecular formula is C15H14N2O2. The van der Waals surface area contributed by atoms with Crippen molar-refractivity contribution in [3.63, 3.8) is 0 Å². The third-order valence-electron chi connectivity index (χ3n) is 3.21. The second kappa shape index (κ2) is 4.72. The van der Waals surface area contributed by atoms with Gasteiger partial charge < -0.3 is 5.11 Å². The van der Waals surface area contributed by atoms with Gasteiger partial charge in [-0.25, -0.2) is 9.48 Å². The van der Waals surface area contributed by atoms with Crippen LogP contribution in [-0.2, 0) is 4.79 Å². The van der Waals surface area contributed by atoms with Crippen molar-refractivity contribution in [3.8, 4) is 5.69 Å². The molecule has 1 aromatic carbocycles. The molecule has 19 heavy (non-hydrogen) atoms. The highest BCUT2D eigenvalue weighted by molar-refractivity contribution is 5.85. The second-order valence-electron chi connectivity index (χ2n) is 4.68. The van der Waals surface area contributed by atoms with Crippen LogP contribution < -0.4 is 0 Å². The van der Waals surface area contributed by atoms with E-state index in [9.17, 15) is 4.79 Å². The number of carboxylic acid groups (broad SMARTS) is 1. The molecule has 1 heterocycles. The van der Waals surface area contributed by atoms with Crippen molar-refractivity contribution in [3.05, 3.63) is 53.9 Å². The molecule has 0 radical (unpaired) electrons. The highest BCUT2D eigenvalue weighted by atomic mass is 16.4. The lowest BCUT2D eigenvalue weighted by Crippen LogP contribution is -2.01. The predicted octanol–water partition coefficient (Wildman–Crippen LogP) is 2.85. The van der Waals surface area contributed by atoms with Gasteiger partial charge in [-0.1, -0.05) is 18.2 Å². The molecule has 1 fully saturated rings. The summed E-state index contributed by atoms with van der Waals surface area (Å²) in [6, 6.07) is 9.92. The van der Waals surface area contributed by atoms with Crippen molar-refractivity contribution in [1.82, 2.24) is 9.78 Å². The van der Waals surface area contributed by atoms with Gasteiger partial charge in [0, 0.05) is 17.6 Å². The van der Waals surface area contributed by atoms with Gasteiger partial charge in [-0.05, 0) is 31.1 Å². The lowest BCUT2D eigenvalue weighted by atomic mass is 10.1. The van der Waals surface area contributed by atoms with Crippen molar-refractivity contribution in [2.24, 2.45) is 0 Å². The van der Waals surface area contributed by atoms with E-state index >= 15 is 0 Å². The maximum atomic E-state index is 10.6. The molecule has 4 nitrogen and oxygen atoms in total. The SMILES string of the molecule is O=C(O)C=Cc1cnn(-c2ccccc2)c1C1CC1. The summed E-state index contributed by atoms with van der Waals surface area (Å²) in [5, 5.41) is 13.1. The molecule has 1 N–H and O–H groups in total. The van der Waals surface area contributed by atoms with Crippen LogP contribution in [0.1, 0.15) is 30.0 Å². The Hall–Kier alpha value is -2.36. The Morgan fingerprint density at radius 2 is 2.05 bits per heavy atom. The molecule has 3 rings (SSSR count). The molecule has 0 unspecified atom stereocenters. The average Bonchev–Trinajstić information content (AvgIpc) is 3.17. The fraction of sp³-hybridized carbons (Fsp3) is 0.200. The van der Waals surface area contributed by atoms with Gasteiger partial charge >= 0.3 is 5.97 Å². The lowest BCUT2D eigenvalue weighted by molar-refractivity contribution is -0.131. The van der Waals surface area contributed by atoms with E-state index < -0.39 is 5.97 Å². The number of rotatable bonds is 4. The Morgan fingerprint density at radius 1 is 1.32 bits per heavy atom. The molecule has 0 amide bonds. The Bertz CT molecular complexity index is 625. The minimum absolute atomic E-state index is 0.496. The van der Waals surface area contributed by atoms with E-state index in [-0.39, 0.29) is 0 Å². The molecule has 0 bridgehead atoms. The van der Waals surface area contributed by atoms with Crippen LogP contribution in [0.3, 0.4) is 0 Å². The molecule has 1 aromatic heterocycles. The Kier molecular flexibility index (Phi) is 2.91. The first-order valence-corrected chi connectivity index (χ1v) is 6.30. The summed E-state index contributed by atoms with van der Waals surface area (Å²) in [6.45, 7) is 0. The van der Waals surface area contributed by atoms with Crippen LogP contribution in [0.25, 0.3) is 11.8 Å². The molecule has 4 heteroatoms. The molecule has 0 atom stereocenters. The lowest BCUT2D eigenvalue weighted by Gasteiger charge is -2.07. The Labute approximate surface area is 111 Å². The second-order valence-corrected chi connectivity index (χ2v) is 4.68. The first-order valence-electron chi connectivity index (χ1n) is 6.30. The maximum absolute atomic E-state index is 10.6. The summed E-state index contributed by atoms with van der Waals surface area (Å²) in [4.78, 5) is 10.6. The van der Waals surface area contributed by atoms with E-state index in [1.54, 1.807) is 12.3 Å². The molecule has 2 aromatic rings. The summed E-state index contributed by atoms with van der Waals surface area (Å²) < 4.78 is 1.92. The largest absolute Gasteiger partial charge is 0.478 e. The molecular weight excluding hydrogens is 240 g/mol. The van der Waals surface area contributed by atoms with Gasteiger partial charge in [0.15, 0.2) is 0 Å². The number of carboxylic acids is 1. The van der Waals surface area contributed by atoms with E-state index in [4.69, 9.17) is 5.11 Å². The van der Waals surface area contributed by atoms with Crippen LogP contribution in [-0.4, -0.2) is 20.9 Å². The number of nitrogens with zero attached hydrogens (tertiary/aromatic N) is 2. The van der Waals surface area contributed by atoms with Gasteiger partial charge in [0.05, 0.1) is 17.6 Å². The number of hydrogen-bond acceptors (Lipinski definition) is 2. The van der Waals surface area contributed by atoms with E-state index in [0.29, 0.717) is 5.92 Å². The number of aliphatic carboxylic acids is 1. The average molecular weight is 254 g/mol. The van der Waals surface area contributed by atoms with Gasteiger partial charge in [0.1, 0.15) is 0 Å². The van der Waals surface area contributed by atoms with Crippen LogP contribution in [0.4, 0.5) is 0 Å². The molecule has 0 saturated heterocycles. The Morgan fingerprint density at radius 3 is 2.68 bits per heavy atom. The van der Waals surface area contributed by atoms with Gasteiger partial charge in [-0.3, -0.25) is 0 Å². The van der Waals surface area contributed by atoms with Crippen molar-refractivity contribution >= 4 is 12.0 Å². The van der Waals surface area contributed by atoms with E-state index in [2.05, 4.69) is 5.10 Å². The zero-order valence-electron chi connectivity index (χ0n) is 10.4. The zero-order valence-corrected chi connectivity index (χ0v) is 10.4. The fourth-order valence-electron chi connectivity index (χ4n) is 2.20. The third kappa shape index (κ3) is 2.42. The highest BCUT2D eigenvalue weighted by Gasteiger charge is 2.30. The fourth-order valence-corrected chi connectivity index (χ4v) is 2.20. The number of hydrogen-bond donors (Lipinski definition) is 1. The normalized spacial score (nSPS) is 14.9. The topological polar surface area (TPSA) is 55.1 Å². The summed E-state index contributed by atoms with van der Waals surface area (Å²) in [5.74, 6) is -0.439. The zero-order chi connectivity index (χ0) is 13.2.